The minimum atomic E-state index is -0.340. The number of rotatable bonds is 5. The summed E-state index contributed by atoms with van der Waals surface area (Å²) in [6, 6.07) is -0.211. The summed E-state index contributed by atoms with van der Waals surface area (Å²) in [6.45, 7) is 7.56. The van der Waals surface area contributed by atoms with Gasteiger partial charge in [-0.25, -0.2) is 9.78 Å². The molecular weight excluding hydrogens is 374 g/mol. The molecule has 1 amide bonds. The minimum Gasteiger partial charge on any atom is -0.462 e. The maximum Gasteiger partial charge on any atom is 0.350 e. The van der Waals surface area contributed by atoms with Crippen molar-refractivity contribution in [1.82, 2.24) is 15.6 Å². The van der Waals surface area contributed by atoms with Crippen LogP contribution >= 0.6 is 23.7 Å². The third-order valence-electron chi connectivity index (χ3n) is 5.48. The number of ether oxygens (including phenoxy) is 1. The highest BCUT2D eigenvalue weighted by Crippen LogP contribution is 2.44. The lowest BCUT2D eigenvalue weighted by atomic mass is 9.67. The molecule has 2 heterocycles. The Morgan fingerprint density at radius 2 is 2.23 bits per heavy atom. The number of hydrogen-bond donors (Lipinski definition) is 2. The van der Waals surface area contributed by atoms with Crippen molar-refractivity contribution >= 4 is 35.6 Å². The van der Waals surface area contributed by atoms with E-state index in [9.17, 15) is 9.59 Å². The van der Waals surface area contributed by atoms with Crippen LogP contribution < -0.4 is 10.6 Å². The molecule has 8 heteroatoms. The van der Waals surface area contributed by atoms with E-state index in [2.05, 4.69) is 15.6 Å². The van der Waals surface area contributed by atoms with Gasteiger partial charge < -0.3 is 15.4 Å². The first-order chi connectivity index (χ1) is 12.0. The maximum absolute atomic E-state index is 13.0. The predicted octanol–water partition coefficient (Wildman–Crippen LogP) is 3.01. The van der Waals surface area contributed by atoms with Gasteiger partial charge >= 0.3 is 5.97 Å². The molecule has 3 atom stereocenters. The summed E-state index contributed by atoms with van der Waals surface area (Å²) >= 11 is 1.31. The van der Waals surface area contributed by atoms with E-state index in [1.807, 2.05) is 6.92 Å². The molecule has 1 aliphatic carbocycles. The number of halogens is 1. The number of amides is 1. The van der Waals surface area contributed by atoms with E-state index in [0.29, 0.717) is 23.1 Å². The number of esters is 1. The third kappa shape index (κ3) is 3.89. The molecule has 26 heavy (non-hydrogen) atoms. The fourth-order valence-electron chi connectivity index (χ4n) is 4.08. The predicted molar refractivity (Wildman–Crippen MR) is 104 cm³/mol. The van der Waals surface area contributed by atoms with Gasteiger partial charge in [0.25, 0.3) is 0 Å². The highest BCUT2D eigenvalue weighted by Gasteiger charge is 2.50. The zero-order valence-corrected chi connectivity index (χ0v) is 17.2. The molecule has 0 bridgehead atoms. The molecule has 2 aliphatic rings. The summed E-state index contributed by atoms with van der Waals surface area (Å²) in [4.78, 5) is 30.0. The van der Waals surface area contributed by atoms with Crippen molar-refractivity contribution < 1.29 is 14.3 Å². The van der Waals surface area contributed by atoms with Crippen molar-refractivity contribution in [1.29, 1.82) is 0 Å². The molecular formula is C18H28ClN3O3S. The number of carbonyl (C=O) groups excluding carboxylic acids is 2. The SMILES string of the molecule is CCOC(=O)c1sc(C(C)NC(=O)[C@@]23CCCC[C@H]2CNC3)nc1C.Cl. The first-order valence-corrected chi connectivity index (χ1v) is 9.95. The summed E-state index contributed by atoms with van der Waals surface area (Å²) in [7, 11) is 0. The van der Waals surface area contributed by atoms with Crippen molar-refractivity contribution in [3.63, 3.8) is 0 Å². The van der Waals surface area contributed by atoms with Crippen molar-refractivity contribution in [2.75, 3.05) is 19.7 Å². The number of nitrogens with zero attached hydrogens (tertiary/aromatic N) is 1. The molecule has 0 aromatic carbocycles. The summed E-state index contributed by atoms with van der Waals surface area (Å²) in [6.07, 6.45) is 4.40. The second-order valence-electron chi connectivity index (χ2n) is 7.11. The number of aromatic nitrogens is 1. The summed E-state index contributed by atoms with van der Waals surface area (Å²) < 4.78 is 5.07. The van der Waals surface area contributed by atoms with Crippen LogP contribution in [0.5, 0.6) is 0 Å². The molecule has 1 saturated heterocycles. The van der Waals surface area contributed by atoms with Gasteiger partial charge in [0, 0.05) is 6.54 Å². The van der Waals surface area contributed by atoms with Crippen molar-refractivity contribution in [3.05, 3.63) is 15.6 Å². The lowest BCUT2D eigenvalue weighted by molar-refractivity contribution is -0.134. The first kappa shape index (κ1) is 21.1. The van der Waals surface area contributed by atoms with Gasteiger partial charge in [-0.2, -0.15) is 0 Å². The molecule has 6 nitrogen and oxygen atoms in total. The van der Waals surface area contributed by atoms with E-state index in [1.54, 1.807) is 13.8 Å². The van der Waals surface area contributed by atoms with Crippen LogP contribution in [0.25, 0.3) is 0 Å². The number of carbonyl (C=O) groups is 2. The Morgan fingerprint density at radius 3 is 2.96 bits per heavy atom. The molecule has 1 aromatic heterocycles. The number of hydrogen-bond acceptors (Lipinski definition) is 6. The van der Waals surface area contributed by atoms with E-state index < -0.39 is 0 Å². The smallest absolute Gasteiger partial charge is 0.350 e. The number of thiazole rings is 1. The number of fused-ring (bicyclic) bond motifs is 1. The topological polar surface area (TPSA) is 80.3 Å². The fourth-order valence-corrected chi connectivity index (χ4v) is 5.04. The van der Waals surface area contributed by atoms with Gasteiger partial charge in [-0.05, 0) is 46.1 Å². The Hall–Kier alpha value is -1.18. The van der Waals surface area contributed by atoms with Crippen LogP contribution in [0.15, 0.2) is 0 Å². The summed E-state index contributed by atoms with van der Waals surface area (Å²) in [5.74, 6) is 0.218. The molecule has 2 N–H and O–H groups in total. The van der Waals surface area contributed by atoms with E-state index in [1.165, 1.54) is 17.8 Å². The average Bonchev–Trinajstić information content (AvgIpc) is 3.19. The van der Waals surface area contributed by atoms with Gasteiger partial charge in [0.15, 0.2) is 0 Å². The quantitative estimate of drug-likeness (QED) is 0.741. The lowest BCUT2D eigenvalue weighted by Crippen LogP contribution is -2.48. The molecule has 3 rings (SSSR count). The van der Waals surface area contributed by atoms with Crippen molar-refractivity contribution in [2.24, 2.45) is 11.3 Å². The van der Waals surface area contributed by atoms with Crippen LogP contribution in [0.2, 0.25) is 0 Å². The maximum atomic E-state index is 13.0. The van der Waals surface area contributed by atoms with Gasteiger partial charge in [0.05, 0.1) is 23.8 Å². The standard InChI is InChI=1S/C18H27N3O3S.ClH/c1-4-24-16(22)14-11(2)20-15(25-14)12(3)21-17(23)18-8-6-5-7-13(18)9-19-10-18;/h12-13,19H,4-10H2,1-3H3,(H,21,23);1H/t12?,13-,18+;/m0./s1. The average molecular weight is 402 g/mol. The zero-order valence-electron chi connectivity index (χ0n) is 15.6. The molecule has 0 radical (unpaired) electrons. The summed E-state index contributed by atoms with van der Waals surface area (Å²) in [5, 5.41) is 7.32. The van der Waals surface area contributed by atoms with Crippen LogP contribution in [0.1, 0.15) is 65.9 Å². The molecule has 1 aromatic rings. The van der Waals surface area contributed by atoms with E-state index in [4.69, 9.17) is 4.74 Å². The highest BCUT2D eigenvalue weighted by atomic mass is 35.5. The van der Waals surface area contributed by atoms with Crippen LogP contribution in [0.3, 0.4) is 0 Å². The van der Waals surface area contributed by atoms with Crippen molar-refractivity contribution in [2.45, 2.75) is 52.5 Å². The van der Waals surface area contributed by atoms with E-state index in [0.717, 1.165) is 37.4 Å². The Bertz CT molecular complexity index is 666. The molecule has 0 spiro atoms. The highest BCUT2D eigenvalue weighted by molar-refractivity contribution is 7.13. The Kier molecular flexibility index (Phi) is 7.05. The van der Waals surface area contributed by atoms with Gasteiger partial charge in [-0.1, -0.05) is 12.8 Å². The van der Waals surface area contributed by atoms with E-state index in [-0.39, 0.29) is 35.7 Å². The second-order valence-corrected chi connectivity index (χ2v) is 8.14. The monoisotopic (exact) mass is 401 g/mol. The third-order valence-corrected chi connectivity index (χ3v) is 6.80. The molecule has 146 valence electrons. The van der Waals surface area contributed by atoms with Crippen LogP contribution in [-0.2, 0) is 9.53 Å². The second kappa shape index (κ2) is 8.67. The Morgan fingerprint density at radius 1 is 1.46 bits per heavy atom. The largest absolute Gasteiger partial charge is 0.462 e. The Labute approximate surface area is 164 Å². The van der Waals surface area contributed by atoms with Gasteiger partial charge in [-0.15, -0.1) is 23.7 Å². The van der Waals surface area contributed by atoms with Crippen molar-refractivity contribution in [3.8, 4) is 0 Å². The van der Waals surface area contributed by atoms with Gasteiger partial charge in [0.2, 0.25) is 5.91 Å². The van der Waals surface area contributed by atoms with Crippen LogP contribution in [0.4, 0.5) is 0 Å². The minimum absolute atomic E-state index is 0. The van der Waals surface area contributed by atoms with Crippen LogP contribution in [0, 0.1) is 18.3 Å². The normalized spacial score (nSPS) is 25.7. The fraction of sp³-hybridized carbons (Fsp3) is 0.722. The Balaban J connectivity index is 0.00000243. The number of nitrogens with one attached hydrogen (secondary N) is 2. The molecule has 2 fully saturated rings. The summed E-state index contributed by atoms with van der Waals surface area (Å²) in [5.41, 5.74) is 0.388. The molecule has 1 saturated carbocycles. The number of aryl methyl sites for hydroxylation is 1. The van der Waals surface area contributed by atoms with Gasteiger partial charge in [-0.3, -0.25) is 4.79 Å². The molecule has 1 unspecified atom stereocenters. The first-order valence-electron chi connectivity index (χ1n) is 9.14. The van der Waals surface area contributed by atoms with Crippen LogP contribution in [-0.4, -0.2) is 36.6 Å². The molecule has 1 aliphatic heterocycles. The lowest BCUT2D eigenvalue weighted by Gasteiger charge is -2.37. The van der Waals surface area contributed by atoms with Gasteiger partial charge in [0.1, 0.15) is 9.88 Å². The van der Waals surface area contributed by atoms with E-state index >= 15 is 0 Å². The zero-order chi connectivity index (χ0) is 18.0.